The highest BCUT2D eigenvalue weighted by atomic mass is 79.9. The fourth-order valence-electron chi connectivity index (χ4n) is 1.32. The predicted molar refractivity (Wildman–Crippen MR) is 79.4 cm³/mol. The fourth-order valence-corrected chi connectivity index (χ4v) is 3.25. The predicted octanol–water partition coefficient (Wildman–Crippen LogP) is 3.22. The normalized spacial score (nSPS) is 10.4. The lowest BCUT2D eigenvalue weighted by atomic mass is 10.3. The number of carbonyl (C=O) groups is 1. The second-order valence-electron chi connectivity index (χ2n) is 3.55. The van der Waals surface area contributed by atoms with Gasteiger partial charge in [0.1, 0.15) is 0 Å². The molecule has 0 aromatic carbocycles. The number of anilines is 1. The first kappa shape index (κ1) is 13.5. The Morgan fingerprint density at radius 2 is 2.11 bits per heavy atom. The average Bonchev–Trinajstić information content (AvgIpc) is 2.65. The van der Waals surface area contributed by atoms with Gasteiger partial charge < -0.3 is 9.88 Å². The summed E-state index contributed by atoms with van der Waals surface area (Å²) in [4.78, 5) is 23.7. The Kier molecular flexibility index (Phi) is 4.04. The van der Waals surface area contributed by atoms with Gasteiger partial charge in [0.05, 0.1) is 14.4 Å². The van der Waals surface area contributed by atoms with Gasteiger partial charge in [0.15, 0.2) is 0 Å². The number of amides is 1. The number of carbonyl (C=O) groups excluding carboxylic acids is 1. The molecule has 0 saturated heterocycles. The fraction of sp³-hybridized carbons (Fsp3) is 0.0909. The molecule has 0 aliphatic rings. The molecule has 2 heterocycles. The third-order valence-corrected chi connectivity index (χ3v) is 5.47. The molecule has 7 heteroatoms. The average molecular weight is 392 g/mol. The largest absolute Gasteiger partial charge is 0.320 e. The highest BCUT2D eigenvalue weighted by Crippen LogP contribution is 2.32. The number of aryl methyl sites for hydroxylation is 1. The monoisotopic (exact) mass is 390 g/mol. The van der Waals surface area contributed by atoms with Crippen molar-refractivity contribution in [1.82, 2.24) is 4.57 Å². The number of thiophene rings is 1. The van der Waals surface area contributed by atoms with Gasteiger partial charge in [-0.1, -0.05) is 0 Å². The summed E-state index contributed by atoms with van der Waals surface area (Å²) >= 11 is 8.00. The van der Waals surface area contributed by atoms with Crippen LogP contribution in [0.5, 0.6) is 0 Å². The van der Waals surface area contributed by atoms with Crippen molar-refractivity contribution in [3.63, 3.8) is 0 Å². The van der Waals surface area contributed by atoms with Gasteiger partial charge in [0.25, 0.3) is 5.91 Å². The molecular weight excluding hydrogens is 384 g/mol. The van der Waals surface area contributed by atoms with E-state index in [9.17, 15) is 9.59 Å². The van der Waals surface area contributed by atoms with E-state index in [0.29, 0.717) is 10.6 Å². The van der Waals surface area contributed by atoms with Gasteiger partial charge in [-0.2, -0.15) is 0 Å². The van der Waals surface area contributed by atoms with Crippen molar-refractivity contribution in [3.05, 3.63) is 47.9 Å². The van der Waals surface area contributed by atoms with Crippen LogP contribution in [0.4, 0.5) is 5.69 Å². The smallest absolute Gasteiger partial charge is 0.265 e. The Hall–Kier alpha value is -0.920. The molecule has 0 spiro atoms. The molecule has 2 rings (SSSR count). The quantitative estimate of drug-likeness (QED) is 0.854. The zero-order chi connectivity index (χ0) is 13.3. The number of hydrogen-bond donors (Lipinski definition) is 1. The molecule has 0 atom stereocenters. The van der Waals surface area contributed by atoms with E-state index in [0.717, 1.165) is 8.26 Å². The van der Waals surface area contributed by atoms with Gasteiger partial charge in [-0.3, -0.25) is 9.59 Å². The van der Waals surface area contributed by atoms with E-state index >= 15 is 0 Å². The van der Waals surface area contributed by atoms with Crippen LogP contribution in [0.15, 0.2) is 37.4 Å². The number of aromatic nitrogens is 1. The topological polar surface area (TPSA) is 51.1 Å². The molecule has 4 nitrogen and oxygen atoms in total. The Labute approximate surface area is 124 Å². The van der Waals surface area contributed by atoms with Gasteiger partial charge in [-0.25, -0.2) is 0 Å². The maximum atomic E-state index is 11.9. The van der Waals surface area contributed by atoms with Crippen molar-refractivity contribution in [2.24, 2.45) is 7.05 Å². The lowest BCUT2D eigenvalue weighted by Crippen LogP contribution is -2.17. The summed E-state index contributed by atoms with van der Waals surface area (Å²) < 4.78 is 3.13. The van der Waals surface area contributed by atoms with Gasteiger partial charge in [-0.15, -0.1) is 11.3 Å². The Morgan fingerprint density at radius 1 is 1.39 bits per heavy atom. The molecule has 1 amide bonds. The van der Waals surface area contributed by atoms with Crippen LogP contribution >= 0.6 is 43.2 Å². The lowest BCUT2D eigenvalue weighted by Gasteiger charge is -2.04. The summed E-state index contributed by atoms with van der Waals surface area (Å²) in [5, 5.41) is 2.74. The minimum atomic E-state index is -0.204. The van der Waals surface area contributed by atoms with Gasteiger partial charge in [-0.05, 0) is 44.0 Å². The summed E-state index contributed by atoms with van der Waals surface area (Å²) in [6.07, 6.45) is 1.58. The van der Waals surface area contributed by atoms with Crippen molar-refractivity contribution >= 4 is 54.8 Å². The van der Waals surface area contributed by atoms with Crippen LogP contribution in [-0.2, 0) is 7.05 Å². The lowest BCUT2D eigenvalue weighted by molar-refractivity contribution is 0.103. The molecule has 1 N–H and O–H groups in total. The first-order valence-corrected chi connectivity index (χ1v) is 7.30. The summed E-state index contributed by atoms with van der Waals surface area (Å²) in [6.45, 7) is 0. The molecule has 0 bridgehead atoms. The van der Waals surface area contributed by atoms with Crippen LogP contribution in [0.3, 0.4) is 0 Å². The zero-order valence-electron chi connectivity index (χ0n) is 9.24. The number of nitrogens with zero attached hydrogens (tertiary/aromatic N) is 1. The standard InChI is InChI=1S/C11H8Br2N2O2S/c1-15-5-6(2-3-9(15)16)14-11(17)8-4-7(12)10(13)18-8/h2-5H,1H3,(H,14,17). The summed E-state index contributed by atoms with van der Waals surface area (Å²) in [5.41, 5.74) is 0.470. The van der Waals surface area contributed by atoms with E-state index < -0.39 is 0 Å². The van der Waals surface area contributed by atoms with Gasteiger partial charge in [0.2, 0.25) is 5.56 Å². The minimum absolute atomic E-state index is 0.116. The van der Waals surface area contributed by atoms with E-state index in [1.807, 2.05) is 0 Å². The van der Waals surface area contributed by atoms with Crippen LogP contribution in [0.25, 0.3) is 0 Å². The van der Waals surface area contributed by atoms with Gasteiger partial charge >= 0.3 is 0 Å². The molecule has 94 valence electrons. The van der Waals surface area contributed by atoms with Crippen LogP contribution in [0.2, 0.25) is 0 Å². The maximum Gasteiger partial charge on any atom is 0.265 e. The number of hydrogen-bond acceptors (Lipinski definition) is 3. The van der Waals surface area contributed by atoms with E-state index in [1.165, 1.54) is 22.0 Å². The summed E-state index contributed by atoms with van der Waals surface area (Å²) in [7, 11) is 1.64. The Bertz CT molecular complexity index is 644. The first-order valence-electron chi connectivity index (χ1n) is 4.90. The van der Waals surface area contributed by atoms with Crippen molar-refractivity contribution in [3.8, 4) is 0 Å². The minimum Gasteiger partial charge on any atom is -0.320 e. The van der Waals surface area contributed by atoms with Crippen molar-refractivity contribution in [1.29, 1.82) is 0 Å². The van der Waals surface area contributed by atoms with Crippen LogP contribution in [0.1, 0.15) is 9.67 Å². The molecular formula is C11H8Br2N2O2S. The van der Waals surface area contributed by atoms with E-state index in [2.05, 4.69) is 37.2 Å². The molecule has 0 aliphatic heterocycles. The van der Waals surface area contributed by atoms with Crippen molar-refractivity contribution in [2.75, 3.05) is 5.32 Å². The van der Waals surface area contributed by atoms with Gasteiger partial charge in [0, 0.05) is 23.8 Å². The summed E-state index contributed by atoms with van der Waals surface area (Å²) in [5.74, 6) is -0.204. The molecule has 2 aromatic heterocycles. The molecule has 0 aliphatic carbocycles. The van der Waals surface area contributed by atoms with Crippen molar-refractivity contribution < 1.29 is 4.79 Å². The second kappa shape index (κ2) is 5.38. The second-order valence-corrected chi connectivity index (χ2v) is 6.78. The third kappa shape index (κ3) is 2.90. The number of rotatable bonds is 2. The third-order valence-electron chi connectivity index (χ3n) is 2.21. The molecule has 0 saturated carbocycles. The SMILES string of the molecule is Cn1cc(NC(=O)c2cc(Br)c(Br)s2)ccc1=O. The van der Waals surface area contributed by atoms with E-state index in [-0.39, 0.29) is 11.5 Å². The van der Waals surface area contributed by atoms with Crippen LogP contribution < -0.4 is 10.9 Å². The Morgan fingerprint density at radius 3 is 2.67 bits per heavy atom. The number of halogens is 2. The molecule has 0 fully saturated rings. The molecule has 18 heavy (non-hydrogen) atoms. The number of pyridine rings is 1. The van der Waals surface area contributed by atoms with E-state index in [1.54, 1.807) is 25.4 Å². The summed E-state index contributed by atoms with van der Waals surface area (Å²) in [6, 6.07) is 4.74. The Balaban J connectivity index is 2.21. The molecule has 2 aromatic rings. The molecule has 0 radical (unpaired) electrons. The number of nitrogens with one attached hydrogen (secondary N) is 1. The zero-order valence-corrected chi connectivity index (χ0v) is 13.2. The van der Waals surface area contributed by atoms with Crippen molar-refractivity contribution in [2.45, 2.75) is 0 Å². The molecule has 0 unspecified atom stereocenters. The highest BCUT2D eigenvalue weighted by Gasteiger charge is 2.12. The van der Waals surface area contributed by atoms with Crippen LogP contribution in [-0.4, -0.2) is 10.5 Å². The van der Waals surface area contributed by atoms with Crippen LogP contribution in [0, 0.1) is 0 Å². The maximum absolute atomic E-state index is 11.9. The first-order chi connectivity index (χ1) is 8.47. The highest BCUT2D eigenvalue weighted by molar-refractivity contribution is 9.13. The van der Waals surface area contributed by atoms with E-state index in [4.69, 9.17) is 0 Å².